The summed E-state index contributed by atoms with van der Waals surface area (Å²) in [5, 5.41) is 3.23. The van der Waals surface area contributed by atoms with E-state index in [2.05, 4.69) is 10.3 Å². The fourth-order valence-corrected chi connectivity index (χ4v) is 2.23. The second-order valence-electron chi connectivity index (χ2n) is 4.69. The van der Waals surface area contributed by atoms with Gasteiger partial charge in [0, 0.05) is 25.5 Å². The maximum atomic E-state index is 12.0. The number of halogens is 1. The van der Waals surface area contributed by atoms with Crippen LogP contribution < -0.4 is 11.0 Å². The highest BCUT2D eigenvalue weighted by atomic mass is 35.5. The van der Waals surface area contributed by atoms with Gasteiger partial charge in [-0.25, -0.2) is 9.78 Å². The van der Waals surface area contributed by atoms with Crippen LogP contribution in [0.5, 0.6) is 0 Å². The molecule has 0 aliphatic rings. The van der Waals surface area contributed by atoms with Crippen molar-refractivity contribution in [2.45, 2.75) is 19.9 Å². The summed E-state index contributed by atoms with van der Waals surface area (Å²) >= 11 is 6.04. The van der Waals surface area contributed by atoms with Crippen molar-refractivity contribution >= 4 is 17.5 Å². The van der Waals surface area contributed by atoms with Crippen molar-refractivity contribution in [2.24, 2.45) is 0 Å². The van der Waals surface area contributed by atoms with Crippen molar-refractivity contribution in [3.05, 3.63) is 63.3 Å². The standard InChI is InChI=1S/C15H16ClN3O2/c1-11-4-5-12(13(16)10-11)14(20)17-6-2-8-19-9-3-7-18-15(19)21/h3-5,7,9-10H,2,6,8H2,1H3,(H,17,20). The molecule has 0 spiro atoms. The lowest BCUT2D eigenvalue weighted by Crippen LogP contribution is -2.27. The maximum absolute atomic E-state index is 12.0. The van der Waals surface area contributed by atoms with E-state index in [0.29, 0.717) is 30.1 Å². The number of carbonyl (C=O) groups excluding carboxylic acids is 1. The lowest BCUT2D eigenvalue weighted by Gasteiger charge is -2.08. The van der Waals surface area contributed by atoms with Gasteiger partial charge in [0.25, 0.3) is 5.91 Å². The van der Waals surface area contributed by atoms with E-state index in [-0.39, 0.29) is 11.6 Å². The second-order valence-corrected chi connectivity index (χ2v) is 5.10. The third-order valence-electron chi connectivity index (χ3n) is 3.01. The lowest BCUT2D eigenvalue weighted by molar-refractivity contribution is 0.0953. The van der Waals surface area contributed by atoms with Crippen molar-refractivity contribution in [2.75, 3.05) is 6.54 Å². The monoisotopic (exact) mass is 305 g/mol. The van der Waals surface area contributed by atoms with Gasteiger partial charge in [0.2, 0.25) is 0 Å². The number of rotatable bonds is 5. The van der Waals surface area contributed by atoms with Crippen LogP contribution in [0.25, 0.3) is 0 Å². The molecule has 2 aromatic rings. The Morgan fingerprint density at radius 3 is 2.95 bits per heavy atom. The van der Waals surface area contributed by atoms with Crippen LogP contribution in [-0.2, 0) is 6.54 Å². The van der Waals surface area contributed by atoms with Crippen LogP contribution in [0.15, 0.2) is 41.5 Å². The summed E-state index contributed by atoms with van der Waals surface area (Å²) in [6.45, 7) is 2.89. The van der Waals surface area contributed by atoms with Gasteiger partial charge in [-0.2, -0.15) is 0 Å². The molecule has 1 aromatic heterocycles. The van der Waals surface area contributed by atoms with Gasteiger partial charge in [-0.3, -0.25) is 9.36 Å². The second kappa shape index (κ2) is 7.04. The van der Waals surface area contributed by atoms with Crippen molar-refractivity contribution in [1.29, 1.82) is 0 Å². The Bertz CT molecular complexity index is 697. The molecule has 0 aliphatic heterocycles. The quantitative estimate of drug-likeness (QED) is 0.860. The highest BCUT2D eigenvalue weighted by Crippen LogP contribution is 2.17. The number of benzene rings is 1. The SMILES string of the molecule is Cc1ccc(C(=O)NCCCn2cccnc2=O)c(Cl)c1. The van der Waals surface area contributed by atoms with Gasteiger partial charge in [-0.15, -0.1) is 0 Å². The molecule has 110 valence electrons. The summed E-state index contributed by atoms with van der Waals surface area (Å²) in [5.41, 5.74) is 1.18. The van der Waals surface area contributed by atoms with Crippen LogP contribution in [0.1, 0.15) is 22.3 Å². The Hall–Kier alpha value is -2.14. The number of hydrogen-bond acceptors (Lipinski definition) is 3. The molecule has 0 radical (unpaired) electrons. The molecule has 1 amide bonds. The molecule has 0 unspecified atom stereocenters. The highest BCUT2D eigenvalue weighted by molar-refractivity contribution is 6.33. The molecule has 0 atom stereocenters. The van der Waals surface area contributed by atoms with Gasteiger partial charge < -0.3 is 5.32 Å². The normalized spacial score (nSPS) is 10.4. The molecule has 0 saturated heterocycles. The van der Waals surface area contributed by atoms with Gasteiger partial charge in [0.15, 0.2) is 0 Å². The summed E-state index contributed by atoms with van der Waals surface area (Å²) in [4.78, 5) is 27.0. The van der Waals surface area contributed by atoms with Crippen molar-refractivity contribution < 1.29 is 4.79 Å². The van der Waals surface area contributed by atoms with Gasteiger partial charge in [0.05, 0.1) is 10.6 Å². The Balaban J connectivity index is 1.85. The number of carbonyl (C=O) groups is 1. The van der Waals surface area contributed by atoms with Crippen LogP contribution in [0, 0.1) is 6.92 Å². The van der Waals surface area contributed by atoms with Gasteiger partial charge in [0.1, 0.15) is 0 Å². The topological polar surface area (TPSA) is 64.0 Å². The molecule has 6 heteroatoms. The number of hydrogen-bond donors (Lipinski definition) is 1. The molecule has 2 rings (SSSR count). The Kier molecular flexibility index (Phi) is 5.11. The van der Waals surface area contributed by atoms with E-state index in [1.807, 2.05) is 13.0 Å². The summed E-state index contributed by atoms with van der Waals surface area (Å²) in [6, 6.07) is 7.01. The number of aromatic nitrogens is 2. The first-order valence-electron chi connectivity index (χ1n) is 6.64. The molecule has 1 aromatic carbocycles. The first-order valence-corrected chi connectivity index (χ1v) is 7.01. The summed E-state index contributed by atoms with van der Waals surface area (Å²) < 4.78 is 1.50. The average molecular weight is 306 g/mol. The zero-order chi connectivity index (χ0) is 15.2. The molecule has 0 saturated carbocycles. The zero-order valence-electron chi connectivity index (χ0n) is 11.7. The highest BCUT2D eigenvalue weighted by Gasteiger charge is 2.09. The first-order chi connectivity index (χ1) is 10.1. The van der Waals surface area contributed by atoms with E-state index < -0.39 is 0 Å². The molecule has 0 fully saturated rings. The first kappa shape index (κ1) is 15.3. The number of nitrogens with one attached hydrogen (secondary N) is 1. The fourth-order valence-electron chi connectivity index (χ4n) is 1.91. The van der Waals surface area contributed by atoms with E-state index in [1.165, 1.54) is 10.8 Å². The molecule has 1 heterocycles. The van der Waals surface area contributed by atoms with E-state index in [4.69, 9.17) is 11.6 Å². The smallest absolute Gasteiger partial charge is 0.347 e. The van der Waals surface area contributed by atoms with E-state index in [1.54, 1.807) is 24.4 Å². The fraction of sp³-hybridized carbons (Fsp3) is 0.267. The summed E-state index contributed by atoms with van der Waals surface area (Å²) in [6.07, 6.45) is 3.77. The van der Waals surface area contributed by atoms with Crippen molar-refractivity contribution in [3.8, 4) is 0 Å². The van der Waals surface area contributed by atoms with Crippen LogP contribution in [-0.4, -0.2) is 22.0 Å². The summed E-state index contributed by atoms with van der Waals surface area (Å²) in [7, 11) is 0. The minimum absolute atomic E-state index is 0.210. The zero-order valence-corrected chi connectivity index (χ0v) is 12.4. The number of amides is 1. The number of aryl methyl sites for hydroxylation is 2. The third kappa shape index (κ3) is 4.16. The van der Waals surface area contributed by atoms with Crippen molar-refractivity contribution in [3.63, 3.8) is 0 Å². The van der Waals surface area contributed by atoms with Crippen LogP contribution >= 0.6 is 11.6 Å². The molecular weight excluding hydrogens is 290 g/mol. The van der Waals surface area contributed by atoms with Gasteiger partial charge in [-0.1, -0.05) is 17.7 Å². The minimum atomic E-state index is -0.287. The molecule has 5 nitrogen and oxygen atoms in total. The van der Waals surface area contributed by atoms with E-state index in [9.17, 15) is 9.59 Å². The van der Waals surface area contributed by atoms with E-state index in [0.717, 1.165) is 5.56 Å². The van der Waals surface area contributed by atoms with E-state index >= 15 is 0 Å². The molecule has 0 bridgehead atoms. The van der Waals surface area contributed by atoms with Gasteiger partial charge >= 0.3 is 5.69 Å². The largest absolute Gasteiger partial charge is 0.352 e. The maximum Gasteiger partial charge on any atom is 0.347 e. The average Bonchev–Trinajstić information content (AvgIpc) is 2.45. The van der Waals surface area contributed by atoms with Gasteiger partial charge in [-0.05, 0) is 37.1 Å². The third-order valence-corrected chi connectivity index (χ3v) is 3.33. The summed E-state index contributed by atoms with van der Waals surface area (Å²) in [5.74, 6) is -0.210. The molecule has 1 N–H and O–H groups in total. The minimum Gasteiger partial charge on any atom is -0.352 e. The Labute approximate surface area is 127 Å². The van der Waals surface area contributed by atoms with Crippen LogP contribution in [0.4, 0.5) is 0 Å². The van der Waals surface area contributed by atoms with Crippen LogP contribution in [0.3, 0.4) is 0 Å². The Morgan fingerprint density at radius 1 is 1.43 bits per heavy atom. The lowest BCUT2D eigenvalue weighted by atomic mass is 10.1. The molecular formula is C15H16ClN3O2. The number of nitrogens with zero attached hydrogens (tertiary/aromatic N) is 2. The van der Waals surface area contributed by atoms with Crippen molar-refractivity contribution in [1.82, 2.24) is 14.9 Å². The molecule has 0 aliphatic carbocycles. The Morgan fingerprint density at radius 2 is 2.24 bits per heavy atom. The predicted octanol–water partition coefficient (Wildman–Crippen LogP) is 2.03. The van der Waals surface area contributed by atoms with Crippen LogP contribution in [0.2, 0.25) is 5.02 Å². The predicted molar refractivity (Wildman–Crippen MR) is 81.6 cm³/mol. The molecule has 21 heavy (non-hydrogen) atoms.